The van der Waals surface area contributed by atoms with E-state index in [0.29, 0.717) is 0 Å². The van der Waals surface area contributed by atoms with Crippen LogP contribution in [0.2, 0.25) is 0 Å². The summed E-state index contributed by atoms with van der Waals surface area (Å²) in [6.07, 6.45) is 0. The zero-order chi connectivity index (χ0) is 45.7. The van der Waals surface area contributed by atoms with E-state index >= 15 is 0 Å². The van der Waals surface area contributed by atoms with Crippen LogP contribution in [0.4, 0.5) is 0 Å². The van der Waals surface area contributed by atoms with Crippen molar-refractivity contribution in [2.75, 3.05) is 13.3 Å². The van der Waals surface area contributed by atoms with E-state index in [4.69, 9.17) is 47.4 Å². The second kappa shape index (κ2) is 26.9. The van der Waals surface area contributed by atoms with Crippen LogP contribution in [0.5, 0.6) is 0 Å². The van der Waals surface area contributed by atoms with Crippen LogP contribution in [0.15, 0.2) is 182 Å². The standard InChI is InChI=1S/2C19H18P.4BrH.4Mn.2H2O.10O/c2*1-20(17-11-5-2-6-12-17,18-13-7-3-8-14-18)19-15-9-4-10-16-19;;;;;;;;;;;;;;;;;;;;/h2*2-16H,1H3;4*1H;;;;;2*1H2;;;;;;;;;;/q2*+1;;;;;2*+1;2*+2;;;;;;;;;;;2*-1/p-6. The Balaban J connectivity index is 0.000000417. The monoisotopic (exact) mass is 1280 g/mol. The Hall–Kier alpha value is -1.58. The summed E-state index contributed by atoms with van der Waals surface area (Å²) in [7, 11) is -3.05. The van der Waals surface area contributed by atoms with Crippen LogP contribution in [0.3, 0.4) is 0 Å². The molecular formula is C38H38Br4Mn4O12P2. The third kappa shape index (κ3) is 25.5. The van der Waals surface area contributed by atoms with E-state index in [0.717, 1.165) is 0 Å². The number of benzene rings is 6. The molecule has 0 spiro atoms. The van der Waals surface area contributed by atoms with Crippen molar-refractivity contribution in [3.05, 3.63) is 182 Å². The van der Waals surface area contributed by atoms with Crippen LogP contribution in [0, 0.1) is 0 Å². The first-order chi connectivity index (χ1) is 27.6. The van der Waals surface area contributed by atoms with Gasteiger partial charge < -0.3 is 0 Å². The van der Waals surface area contributed by atoms with Gasteiger partial charge in [0.05, 0.1) is 13.3 Å². The second-order valence-corrected chi connectivity index (χ2v) is 35.6. The molecule has 0 aromatic heterocycles. The quantitative estimate of drug-likeness (QED) is 0.142. The van der Waals surface area contributed by atoms with Crippen molar-refractivity contribution in [2.24, 2.45) is 0 Å². The molecular weight excluding hydrogens is 1250 g/mol. The summed E-state index contributed by atoms with van der Waals surface area (Å²) >= 11 is -10.1. The molecule has 60 heavy (non-hydrogen) atoms. The molecule has 6 aromatic rings. The average Bonchev–Trinajstić information content (AvgIpc) is 3.17. The molecule has 0 atom stereocenters. The average molecular weight is 1290 g/mol. The van der Waals surface area contributed by atoms with Crippen LogP contribution < -0.4 is 40.2 Å². The minimum absolute atomic E-state index is 1.43. The van der Waals surface area contributed by atoms with Crippen molar-refractivity contribution in [1.29, 1.82) is 0 Å². The van der Waals surface area contributed by atoms with Crippen LogP contribution in [-0.2, 0) is 75.6 Å². The van der Waals surface area contributed by atoms with E-state index < -0.39 is 59.4 Å². The zero-order valence-electron chi connectivity index (χ0n) is 31.2. The third-order valence-corrected chi connectivity index (χ3v) is 15.6. The fourth-order valence-electron chi connectivity index (χ4n) is 5.25. The van der Waals surface area contributed by atoms with Gasteiger partial charge in [-0.2, -0.15) is 0 Å². The summed E-state index contributed by atoms with van der Waals surface area (Å²) in [6, 6.07) is 65.3. The van der Waals surface area contributed by atoms with Gasteiger partial charge in [-0.05, 0) is 72.8 Å². The van der Waals surface area contributed by atoms with Gasteiger partial charge in [-0.3, -0.25) is 0 Å². The molecule has 0 saturated heterocycles. The number of hydrogen-bond acceptors (Lipinski definition) is 10. The molecule has 2 N–H and O–H groups in total. The Bertz CT molecular complexity index is 2120. The topological polar surface area (TPSA) is 223 Å². The van der Waals surface area contributed by atoms with Crippen LogP contribution in [-0.4, -0.2) is 21.7 Å². The normalized spacial score (nSPS) is 11.4. The van der Waals surface area contributed by atoms with E-state index in [1.165, 1.54) is 31.8 Å². The van der Waals surface area contributed by atoms with Gasteiger partial charge in [0, 0.05) is 0 Å². The molecule has 0 unspecified atom stereocenters. The summed E-state index contributed by atoms with van der Waals surface area (Å²) in [4.78, 5) is 0. The molecule has 0 radical (unpaired) electrons. The van der Waals surface area contributed by atoms with Gasteiger partial charge in [-0.1, -0.05) is 109 Å². The summed E-state index contributed by atoms with van der Waals surface area (Å²) in [5, 5.41) is 8.57. The van der Waals surface area contributed by atoms with E-state index in [1.807, 2.05) is 56.4 Å². The van der Waals surface area contributed by atoms with Crippen molar-refractivity contribution in [3.63, 3.8) is 0 Å². The van der Waals surface area contributed by atoms with E-state index in [1.54, 1.807) is 0 Å². The molecule has 0 aliphatic heterocycles. The fraction of sp³-hybridized carbons (Fsp3) is 0.0526. The number of hydrogen-bond donors (Lipinski definition) is 2. The first-order valence-electron chi connectivity index (χ1n) is 16.2. The molecule has 0 fully saturated rings. The van der Waals surface area contributed by atoms with Crippen LogP contribution in [0.25, 0.3) is 0 Å². The second-order valence-electron chi connectivity index (χ2n) is 11.5. The van der Waals surface area contributed by atoms with Gasteiger partial charge >= 0.3 is 149 Å². The molecule has 0 aliphatic carbocycles. The molecule has 6 rings (SSSR count). The predicted octanol–water partition coefficient (Wildman–Crippen LogP) is 6.15. The molecule has 22 heteroatoms. The molecule has 0 amide bonds. The fourth-order valence-corrected chi connectivity index (χ4v) is 11.7. The zero-order valence-corrected chi connectivity index (χ0v) is 44.1. The predicted molar refractivity (Wildman–Crippen MR) is 228 cm³/mol. The van der Waals surface area contributed by atoms with Gasteiger partial charge in [-0.15, -0.1) is 0 Å². The Morgan fingerprint density at radius 3 is 0.500 bits per heavy atom. The van der Waals surface area contributed by atoms with Gasteiger partial charge in [0.25, 0.3) is 0 Å². The van der Waals surface area contributed by atoms with E-state index in [-0.39, 0.29) is 0 Å². The molecule has 0 saturated carbocycles. The van der Waals surface area contributed by atoms with Crippen molar-refractivity contribution in [1.82, 2.24) is 0 Å². The summed E-state index contributed by atoms with van der Waals surface area (Å²) in [5.41, 5.74) is 0. The molecule has 12 nitrogen and oxygen atoms in total. The van der Waals surface area contributed by atoms with Crippen LogP contribution in [0.1, 0.15) is 0 Å². The summed E-state index contributed by atoms with van der Waals surface area (Å²) in [6.45, 7) is 4.82. The summed E-state index contributed by atoms with van der Waals surface area (Å²) in [5.74, 6) is 0. The third-order valence-electron chi connectivity index (χ3n) is 7.64. The number of halogens is 4. The van der Waals surface area contributed by atoms with Crippen molar-refractivity contribution in [3.8, 4) is 0 Å². The van der Waals surface area contributed by atoms with Gasteiger partial charge in [0.15, 0.2) is 0 Å². The van der Waals surface area contributed by atoms with Crippen LogP contribution >= 0.6 is 71.0 Å². The SMILES string of the molecule is C[P+](c1ccccc1)(c1ccccc1)c1ccccc1.C[P+](c1ccccc1)(c1ccccc1)c1ccccc1.[O]=[Mn](=[O])([O-])[Br].[O]=[Mn](=[O])([O-])[Br].[O]=[Mn](=[O])([OH])[Br].[O]=[Mn](=[O])([OH])[Br]. The Kier molecular flexibility index (Phi) is 25.3. The van der Waals surface area contributed by atoms with Crippen molar-refractivity contribution >= 4 is 103 Å². The first kappa shape index (κ1) is 56.4. The Labute approximate surface area is 386 Å². The Morgan fingerprint density at radius 1 is 0.333 bits per heavy atom. The molecule has 0 aliphatic rings. The van der Waals surface area contributed by atoms with Gasteiger partial charge in [0.2, 0.25) is 0 Å². The van der Waals surface area contributed by atoms with Crippen molar-refractivity contribution in [2.45, 2.75) is 0 Å². The number of rotatable bonds is 6. The Morgan fingerprint density at radius 2 is 0.417 bits per heavy atom. The van der Waals surface area contributed by atoms with Gasteiger partial charge in [0.1, 0.15) is 46.4 Å². The molecule has 328 valence electrons. The maximum absolute atomic E-state index is 9.16. The molecule has 0 bridgehead atoms. The van der Waals surface area contributed by atoms with E-state index in [2.05, 4.69) is 195 Å². The molecule has 0 heterocycles. The first-order valence-corrected chi connectivity index (χ1v) is 38.2. The summed E-state index contributed by atoms with van der Waals surface area (Å²) < 4.78 is 106. The maximum atomic E-state index is 9.16. The molecule has 6 aromatic carbocycles. The minimum atomic E-state index is -4.56. The van der Waals surface area contributed by atoms with Crippen molar-refractivity contribution < 1.29 is 92.4 Å². The van der Waals surface area contributed by atoms with E-state index in [9.17, 15) is 0 Å². The van der Waals surface area contributed by atoms with Gasteiger partial charge in [-0.25, -0.2) is 0 Å².